The van der Waals surface area contributed by atoms with Crippen molar-refractivity contribution in [1.82, 2.24) is 10.2 Å². The molecule has 2 fully saturated rings. The van der Waals surface area contributed by atoms with E-state index < -0.39 is 0 Å². The van der Waals surface area contributed by atoms with Gasteiger partial charge in [-0.05, 0) is 45.7 Å². The van der Waals surface area contributed by atoms with E-state index in [-0.39, 0.29) is 29.5 Å². The molecule has 2 aliphatic carbocycles. The summed E-state index contributed by atoms with van der Waals surface area (Å²) < 4.78 is 0. The molecule has 0 aromatic rings. The van der Waals surface area contributed by atoms with Crippen LogP contribution < -0.4 is 11.1 Å². The summed E-state index contributed by atoms with van der Waals surface area (Å²) in [5.74, 6) is 1.45. The fraction of sp³-hybridized carbons (Fsp3) is 0.941. The van der Waals surface area contributed by atoms with E-state index in [4.69, 9.17) is 10.7 Å². The summed E-state index contributed by atoms with van der Waals surface area (Å²) in [6.07, 6.45) is 11.6. The van der Waals surface area contributed by atoms with Gasteiger partial charge in [0.05, 0.1) is 6.54 Å². The van der Waals surface area contributed by atoms with Gasteiger partial charge in [0.15, 0.2) is 5.96 Å². The third kappa shape index (κ3) is 5.55. The van der Waals surface area contributed by atoms with Crippen LogP contribution in [-0.4, -0.2) is 43.1 Å². The van der Waals surface area contributed by atoms with Gasteiger partial charge in [0.2, 0.25) is 0 Å². The van der Waals surface area contributed by atoms with Crippen molar-refractivity contribution in [1.29, 1.82) is 0 Å². The van der Waals surface area contributed by atoms with E-state index in [0.29, 0.717) is 12.0 Å². The zero-order chi connectivity index (χ0) is 15.3. The molecule has 3 N–H and O–H groups in total. The van der Waals surface area contributed by atoms with Gasteiger partial charge >= 0.3 is 0 Å². The molecule has 22 heavy (non-hydrogen) atoms. The molecule has 0 spiro atoms. The zero-order valence-corrected chi connectivity index (χ0v) is 16.9. The summed E-state index contributed by atoms with van der Waals surface area (Å²) >= 11 is 0. The minimum Gasteiger partial charge on any atom is -0.370 e. The van der Waals surface area contributed by atoms with Gasteiger partial charge in [-0.3, -0.25) is 4.99 Å². The van der Waals surface area contributed by atoms with Crippen LogP contribution in [0.5, 0.6) is 0 Å². The molecule has 2 aliphatic rings. The number of likely N-dealkylation sites (N-methyl/N-ethyl adjacent to an activating group) is 1. The average Bonchev–Trinajstić information content (AvgIpc) is 2.46. The molecule has 0 saturated heterocycles. The summed E-state index contributed by atoms with van der Waals surface area (Å²) in [7, 11) is 4.39. The lowest BCUT2D eigenvalue weighted by atomic mass is 9.75. The van der Waals surface area contributed by atoms with E-state index in [9.17, 15) is 0 Å². The van der Waals surface area contributed by atoms with Crippen LogP contribution in [0.25, 0.3) is 0 Å². The van der Waals surface area contributed by atoms with Crippen LogP contribution >= 0.6 is 24.0 Å². The molecular weight excluding hydrogens is 387 g/mol. The molecule has 0 aromatic heterocycles. The molecule has 2 rings (SSSR count). The first-order chi connectivity index (χ1) is 10.0. The Hall–Kier alpha value is -0.0400. The number of halogens is 1. The zero-order valence-electron chi connectivity index (χ0n) is 14.6. The number of hydrogen-bond donors (Lipinski definition) is 2. The van der Waals surface area contributed by atoms with Crippen LogP contribution in [-0.2, 0) is 0 Å². The Kier molecular flexibility index (Phi) is 8.46. The van der Waals surface area contributed by atoms with Crippen molar-refractivity contribution in [3.8, 4) is 0 Å². The monoisotopic (exact) mass is 422 g/mol. The molecule has 130 valence electrons. The van der Waals surface area contributed by atoms with E-state index in [1.54, 1.807) is 0 Å². The van der Waals surface area contributed by atoms with Crippen LogP contribution in [0.3, 0.4) is 0 Å². The fourth-order valence-corrected chi connectivity index (χ4v) is 4.06. The first-order valence-electron chi connectivity index (χ1n) is 8.76. The molecular formula is C17H35IN4. The second-order valence-electron chi connectivity index (χ2n) is 7.50. The molecule has 0 aliphatic heterocycles. The SMILES string of the molecule is CC1CCCC(CN=C(N)NC2CCCCC2)(N(C)C)C1.I. The van der Waals surface area contributed by atoms with Crippen LogP contribution in [0.1, 0.15) is 64.7 Å². The van der Waals surface area contributed by atoms with Gasteiger partial charge in [-0.2, -0.15) is 0 Å². The van der Waals surface area contributed by atoms with Crippen molar-refractivity contribution in [3.63, 3.8) is 0 Å². The summed E-state index contributed by atoms with van der Waals surface area (Å²) in [6, 6.07) is 0.545. The van der Waals surface area contributed by atoms with Gasteiger partial charge in [0.25, 0.3) is 0 Å². The third-order valence-corrected chi connectivity index (χ3v) is 5.52. The topological polar surface area (TPSA) is 53.6 Å². The Morgan fingerprint density at radius 1 is 1.18 bits per heavy atom. The molecule has 0 aromatic carbocycles. The summed E-state index contributed by atoms with van der Waals surface area (Å²) in [6.45, 7) is 3.20. The average molecular weight is 422 g/mol. The van der Waals surface area contributed by atoms with Gasteiger partial charge in [-0.25, -0.2) is 0 Å². The lowest BCUT2D eigenvalue weighted by molar-refractivity contribution is 0.0845. The summed E-state index contributed by atoms with van der Waals surface area (Å²) in [5, 5.41) is 3.44. The normalized spacial score (nSPS) is 30.9. The van der Waals surface area contributed by atoms with E-state index in [2.05, 4.69) is 31.2 Å². The Morgan fingerprint density at radius 3 is 2.45 bits per heavy atom. The van der Waals surface area contributed by atoms with Crippen molar-refractivity contribution in [3.05, 3.63) is 0 Å². The van der Waals surface area contributed by atoms with Crippen LogP contribution in [0.2, 0.25) is 0 Å². The lowest BCUT2D eigenvalue weighted by Gasteiger charge is -2.44. The van der Waals surface area contributed by atoms with E-state index in [1.807, 2.05) is 0 Å². The van der Waals surface area contributed by atoms with E-state index >= 15 is 0 Å². The Bertz CT molecular complexity index is 353. The number of rotatable bonds is 4. The predicted molar refractivity (Wildman–Crippen MR) is 106 cm³/mol. The maximum atomic E-state index is 6.14. The molecule has 5 heteroatoms. The smallest absolute Gasteiger partial charge is 0.188 e. The van der Waals surface area contributed by atoms with Crippen LogP contribution in [0, 0.1) is 5.92 Å². The summed E-state index contributed by atoms with van der Waals surface area (Å²) in [5.41, 5.74) is 6.34. The molecule has 2 saturated carbocycles. The van der Waals surface area contributed by atoms with Crippen molar-refractivity contribution >= 4 is 29.9 Å². The number of nitrogens with two attached hydrogens (primary N) is 1. The molecule has 2 unspecified atom stereocenters. The van der Waals surface area contributed by atoms with Crippen LogP contribution in [0.4, 0.5) is 0 Å². The lowest BCUT2D eigenvalue weighted by Crippen LogP contribution is -2.51. The number of hydrogen-bond acceptors (Lipinski definition) is 2. The number of nitrogens with zero attached hydrogens (tertiary/aromatic N) is 2. The molecule has 0 heterocycles. The predicted octanol–water partition coefficient (Wildman–Crippen LogP) is 3.35. The second-order valence-corrected chi connectivity index (χ2v) is 7.50. The quantitative estimate of drug-likeness (QED) is 0.415. The van der Waals surface area contributed by atoms with Crippen molar-refractivity contribution in [2.75, 3.05) is 20.6 Å². The molecule has 2 atom stereocenters. The van der Waals surface area contributed by atoms with Gasteiger partial charge < -0.3 is 16.0 Å². The van der Waals surface area contributed by atoms with Crippen molar-refractivity contribution < 1.29 is 0 Å². The largest absolute Gasteiger partial charge is 0.370 e. The van der Waals surface area contributed by atoms with Crippen molar-refractivity contribution in [2.45, 2.75) is 76.3 Å². The fourth-order valence-electron chi connectivity index (χ4n) is 4.06. The third-order valence-electron chi connectivity index (χ3n) is 5.52. The molecule has 0 radical (unpaired) electrons. The highest BCUT2D eigenvalue weighted by atomic mass is 127. The van der Waals surface area contributed by atoms with Gasteiger partial charge in [0.1, 0.15) is 0 Å². The van der Waals surface area contributed by atoms with Gasteiger partial charge in [-0.1, -0.05) is 39.0 Å². The second kappa shape index (κ2) is 9.30. The molecule has 0 amide bonds. The first kappa shape index (κ1) is 20.0. The minimum absolute atomic E-state index is 0. The molecule has 4 nitrogen and oxygen atoms in total. The maximum Gasteiger partial charge on any atom is 0.188 e. The Labute approximate surface area is 153 Å². The highest BCUT2D eigenvalue weighted by Gasteiger charge is 2.36. The molecule has 0 bridgehead atoms. The number of nitrogens with one attached hydrogen (secondary N) is 1. The van der Waals surface area contributed by atoms with Crippen LogP contribution in [0.15, 0.2) is 4.99 Å². The van der Waals surface area contributed by atoms with E-state index in [1.165, 1.54) is 57.8 Å². The highest BCUT2D eigenvalue weighted by molar-refractivity contribution is 14.0. The maximum absolute atomic E-state index is 6.14. The Balaban J connectivity index is 0.00000242. The van der Waals surface area contributed by atoms with E-state index in [0.717, 1.165) is 12.5 Å². The highest BCUT2D eigenvalue weighted by Crippen LogP contribution is 2.35. The summed E-state index contributed by atoms with van der Waals surface area (Å²) in [4.78, 5) is 7.09. The van der Waals surface area contributed by atoms with Gasteiger partial charge in [0, 0.05) is 11.6 Å². The van der Waals surface area contributed by atoms with Gasteiger partial charge in [-0.15, -0.1) is 24.0 Å². The first-order valence-corrected chi connectivity index (χ1v) is 8.76. The number of aliphatic imine (C=N–C) groups is 1. The Morgan fingerprint density at radius 2 is 1.86 bits per heavy atom. The standard InChI is InChI=1S/C17H34N4.HI/c1-14-8-7-11-17(12-14,21(2)3)13-19-16(18)20-15-9-5-4-6-10-15;/h14-15H,4-13H2,1-3H3,(H3,18,19,20);1H. The minimum atomic E-state index is 0. The number of guanidine groups is 1. The van der Waals surface area contributed by atoms with Crippen molar-refractivity contribution in [2.24, 2.45) is 16.6 Å².